The molecular weight excluding hydrogens is 666 g/mol. The fourth-order valence-corrected chi connectivity index (χ4v) is 6.42. The number of hydrogen-bond acceptors (Lipinski definition) is 6. The maximum absolute atomic E-state index is 12.7. The standard InChI is InChI=1S/C45H83NO7/c1-6-8-10-12-14-16-18-19-20-21-22-23-24-26-28-30-32-34-36-44(48)53-41(39-51-38-37-42(45(49)50)46(3,4)5)40-52-43(47)35-33-31-29-27-25-17-15-13-11-9-7-2/h13,15,17,25,41-42H,6-12,14,16,18-24,26-40H2,1-5H3/p+1/b15-13+,25-17+. The number of unbranched alkanes of at least 4 members (excludes halogenated alkanes) is 22. The maximum Gasteiger partial charge on any atom is 0.362 e. The van der Waals surface area contributed by atoms with Crippen molar-refractivity contribution < 1.29 is 38.2 Å². The molecule has 0 aliphatic heterocycles. The Bertz CT molecular complexity index is 926. The van der Waals surface area contributed by atoms with E-state index in [4.69, 9.17) is 14.2 Å². The lowest BCUT2D eigenvalue weighted by Gasteiger charge is -2.31. The molecule has 0 saturated carbocycles. The molecule has 0 aromatic rings. The Hall–Kier alpha value is -2.19. The zero-order chi connectivity index (χ0) is 39.3. The second-order valence-corrected chi connectivity index (χ2v) is 16.0. The van der Waals surface area contributed by atoms with Gasteiger partial charge < -0.3 is 23.8 Å². The van der Waals surface area contributed by atoms with Gasteiger partial charge in [-0.15, -0.1) is 0 Å². The number of carboxylic acids is 1. The van der Waals surface area contributed by atoms with Crippen molar-refractivity contribution in [2.24, 2.45) is 0 Å². The Morgan fingerprint density at radius 2 is 1.00 bits per heavy atom. The molecule has 0 fully saturated rings. The van der Waals surface area contributed by atoms with Gasteiger partial charge in [0.05, 0.1) is 34.4 Å². The zero-order valence-electron chi connectivity index (χ0n) is 35.2. The van der Waals surface area contributed by atoms with Gasteiger partial charge in [0.15, 0.2) is 12.1 Å². The number of nitrogens with zero attached hydrogens (tertiary/aromatic N) is 1. The summed E-state index contributed by atoms with van der Waals surface area (Å²) < 4.78 is 17.2. The lowest BCUT2D eigenvalue weighted by Crippen LogP contribution is -2.50. The van der Waals surface area contributed by atoms with Crippen LogP contribution in [0.4, 0.5) is 0 Å². The summed E-state index contributed by atoms with van der Waals surface area (Å²) >= 11 is 0. The van der Waals surface area contributed by atoms with Crippen molar-refractivity contribution in [2.45, 2.75) is 206 Å². The minimum absolute atomic E-state index is 0.0564. The van der Waals surface area contributed by atoms with E-state index in [9.17, 15) is 19.5 Å². The minimum atomic E-state index is -0.877. The van der Waals surface area contributed by atoms with Gasteiger partial charge in [0.1, 0.15) is 6.61 Å². The molecule has 0 rings (SSSR count). The van der Waals surface area contributed by atoms with Crippen LogP contribution in [0.3, 0.4) is 0 Å². The van der Waals surface area contributed by atoms with Gasteiger partial charge in [0, 0.05) is 19.3 Å². The lowest BCUT2D eigenvalue weighted by atomic mass is 10.0. The van der Waals surface area contributed by atoms with Crippen molar-refractivity contribution in [2.75, 3.05) is 41.0 Å². The van der Waals surface area contributed by atoms with Gasteiger partial charge in [-0.2, -0.15) is 0 Å². The molecule has 8 nitrogen and oxygen atoms in total. The zero-order valence-corrected chi connectivity index (χ0v) is 35.2. The largest absolute Gasteiger partial charge is 0.477 e. The molecule has 1 N–H and O–H groups in total. The molecule has 0 heterocycles. The van der Waals surface area contributed by atoms with Gasteiger partial charge in [-0.25, -0.2) is 4.79 Å². The highest BCUT2D eigenvalue weighted by Crippen LogP contribution is 2.15. The van der Waals surface area contributed by atoms with Gasteiger partial charge >= 0.3 is 17.9 Å². The number of hydrogen-bond donors (Lipinski definition) is 1. The second-order valence-electron chi connectivity index (χ2n) is 16.0. The van der Waals surface area contributed by atoms with E-state index < -0.39 is 18.1 Å². The normalized spacial score (nSPS) is 13.2. The number of likely N-dealkylation sites (N-methyl/N-ethyl adjacent to an activating group) is 1. The number of carbonyl (C=O) groups is 3. The Labute approximate surface area is 326 Å². The van der Waals surface area contributed by atoms with Crippen molar-refractivity contribution in [1.29, 1.82) is 0 Å². The van der Waals surface area contributed by atoms with Crippen LogP contribution in [0.1, 0.15) is 194 Å². The number of ether oxygens (including phenoxy) is 3. The van der Waals surface area contributed by atoms with Crippen molar-refractivity contribution in [1.82, 2.24) is 0 Å². The van der Waals surface area contributed by atoms with Crippen LogP contribution in [0.25, 0.3) is 0 Å². The summed E-state index contributed by atoms with van der Waals surface area (Å²) in [5.74, 6) is -1.49. The third kappa shape index (κ3) is 35.3. The third-order valence-corrected chi connectivity index (χ3v) is 9.88. The van der Waals surface area contributed by atoms with E-state index in [0.29, 0.717) is 19.3 Å². The summed E-state index contributed by atoms with van der Waals surface area (Å²) in [5.41, 5.74) is 0. The Morgan fingerprint density at radius 3 is 1.47 bits per heavy atom. The molecule has 0 aliphatic carbocycles. The maximum atomic E-state index is 12.7. The molecule has 0 aromatic carbocycles. The summed E-state index contributed by atoms with van der Waals surface area (Å²) in [6, 6.07) is -0.615. The fourth-order valence-electron chi connectivity index (χ4n) is 6.42. The van der Waals surface area contributed by atoms with E-state index in [1.807, 2.05) is 21.1 Å². The molecule has 53 heavy (non-hydrogen) atoms. The fraction of sp³-hybridized carbons (Fsp3) is 0.844. The number of aliphatic carboxylic acids is 1. The predicted octanol–water partition coefficient (Wildman–Crippen LogP) is 11.7. The van der Waals surface area contributed by atoms with Gasteiger partial charge in [-0.1, -0.05) is 167 Å². The van der Waals surface area contributed by atoms with Crippen LogP contribution in [0, 0.1) is 0 Å². The predicted molar refractivity (Wildman–Crippen MR) is 220 cm³/mol. The van der Waals surface area contributed by atoms with Crippen LogP contribution in [-0.4, -0.2) is 80.6 Å². The Kier molecular flexibility index (Phi) is 35.2. The molecule has 0 amide bonds. The van der Waals surface area contributed by atoms with Crippen LogP contribution in [0.5, 0.6) is 0 Å². The number of carbonyl (C=O) groups excluding carboxylic acids is 2. The molecule has 0 spiro atoms. The van der Waals surface area contributed by atoms with Crippen LogP contribution < -0.4 is 0 Å². The molecule has 8 heteroatoms. The molecule has 0 aromatic heterocycles. The second kappa shape index (κ2) is 36.8. The first-order valence-electron chi connectivity index (χ1n) is 21.9. The van der Waals surface area contributed by atoms with Crippen LogP contribution in [-0.2, 0) is 28.6 Å². The highest BCUT2D eigenvalue weighted by atomic mass is 16.6. The summed E-state index contributed by atoms with van der Waals surface area (Å²) in [6.07, 6.45) is 39.4. The van der Waals surface area contributed by atoms with Gasteiger partial charge in [0.2, 0.25) is 0 Å². The van der Waals surface area contributed by atoms with Crippen molar-refractivity contribution in [3.05, 3.63) is 24.3 Å². The molecule has 0 bridgehead atoms. The first-order valence-corrected chi connectivity index (χ1v) is 21.9. The molecule has 0 radical (unpaired) electrons. The smallest absolute Gasteiger partial charge is 0.362 e. The van der Waals surface area contributed by atoms with Crippen molar-refractivity contribution in [3.8, 4) is 0 Å². The molecule has 2 unspecified atom stereocenters. The highest BCUT2D eigenvalue weighted by molar-refractivity contribution is 5.72. The minimum Gasteiger partial charge on any atom is -0.477 e. The lowest BCUT2D eigenvalue weighted by molar-refractivity contribution is -0.887. The average molecular weight is 751 g/mol. The Morgan fingerprint density at radius 1 is 0.566 bits per heavy atom. The summed E-state index contributed by atoms with van der Waals surface area (Å²) in [7, 11) is 5.52. The van der Waals surface area contributed by atoms with E-state index in [1.54, 1.807) is 0 Å². The SMILES string of the molecule is CCCC/C=C/C=C/CCCCCC(=O)OCC(COCCC(C(=O)O)[N+](C)(C)C)OC(=O)CCCCCCCCCCCCCCCCCCCC. The third-order valence-electron chi connectivity index (χ3n) is 9.88. The van der Waals surface area contributed by atoms with E-state index >= 15 is 0 Å². The number of allylic oxidation sites excluding steroid dienone is 4. The van der Waals surface area contributed by atoms with Crippen LogP contribution in [0.2, 0.25) is 0 Å². The summed E-state index contributed by atoms with van der Waals surface area (Å²) in [4.78, 5) is 36.9. The molecular formula is C45H84NO7+. The van der Waals surface area contributed by atoms with Gasteiger partial charge in [-0.3, -0.25) is 9.59 Å². The molecule has 0 aliphatic rings. The highest BCUT2D eigenvalue weighted by Gasteiger charge is 2.31. The Balaban J connectivity index is 4.31. The molecule has 0 saturated heterocycles. The molecule has 310 valence electrons. The first-order chi connectivity index (χ1) is 25.6. The van der Waals surface area contributed by atoms with Gasteiger partial charge in [0.25, 0.3) is 0 Å². The summed E-state index contributed by atoms with van der Waals surface area (Å²) in [6.45, 7) is 4.67. The van der Waals surface area contributed by atoms with E-state index in [0.717, 1.165) is 51.4 Å². The van der Waals surface area contributed by atoms with Gasteiger partial charge in [-0.05, 0) is 32.1 Å². The number of quaternary nitrogens is 1. The average Bonchev–Trinajstić information content (AvgIpc) is 3.11. The van der Waals surface area contributed by atoms with Crippen molar-refractivity contribution >= 4 is 17.9 Å². The quantitative estimate of drug-likeness (QED) is 0.0289. The monoisotopic (exact) mass is 751 g/mol. The van der Waals surface area contributed by atoms with Crippen LogP contribution >= 0.6 is 0 Å². The first kappa shape index (κ1) is 50.8. The molecule has 2 atom stereocenters. The summed E-state index contributed by atoms with van der Waals surface area (Å²) in [5, 5.41) is 9.60. The van der Waals surface area contributed by atoms with E-state index in [1.165, 1.54) is 109 Å². The van der Waals surface area contributed by atoms with E-state index in [-0.39, 0.29) is 36.2 Å². The number of rotatable bonds is 39. The number of esters is 2. The van der Waals surface area contributed by atoms with Crippen LogP contribution in [0.15, 0.2) is 24.3 Å². The number of carboxylic acid groups (broad SMARTS) is 1. The van der Waals surface area contributed by atoms with E-state index in [2.05, 4.69) is 38.2 Å². The topological polar surface area (TPSA) is 99.1 Å². The van der Waals surface area contributed by atoms with Crippen molar-refractivity contribution in [3.63, 3.8) is 0 Å².